The second-order valence-corrected chi connectivity index (χ2v) is 5.67. The molecule has 0 amide bonds. The van der Waals surface area contributed by atoms with Gasteiger partial charge >= 0.3 is 0 Å². The van der Waals surface area contributed by atoms with Gasteiger partial charge in [-0.15, -0.1) is 0 Å². The summed E-state index contributed by atoms with van der Waals surface area (Å²) >= 11 is 0. The molecule has 1 aliphatic rings. The minimum Gasteiger partial charge on any atom is -0.392 e. The number of nitrogens with one attached hydrogen (secondary N) is 2. The Bertz CT molecular complexity index is 468. The summed E-state index contributed by atoms with van der Waals surface area (Å²) in [6, 6.07) is 0.0323. The van der Waals surface area contributed by atoms with Crippen molar-refractivity contribution < 1.29 is 13.5 Å². The average Bonchev–Trinajstić information content (AvgIpc) is 2.80. The maximum absolute atomic E-state index is 11.9. The Balaban J connectivity index is 2.14. The van der Waals surface area contributed by atoms with Crippen LogP contribution in [0.3, 0.4) is 0 Å². The van der Waals surface area contributed by atoms with Gasteiger partial charge in [0.2, 0.25) is 0 Å². The number of aliphatic hydroxyl groups is 1. The number of nitrogens with zero attached hydrogens (tertiary/aromatic N) is 1. The van der Waals surface area contributed by atoms with Gasteiger partial charge in [-0.3, -0.25) is 5.10 Å². The van der Waals surface area contributed by atoms with Crippen LogP contribution in [0.2, 0.25) is 0 Å². The first-order valence-corrected chi connectivity index (χ1v) is 6.72. The standard InChI is InChI=1S/C9H15N3O3S/c1-2-6-3-8(6)12-16(14,15)9-7(5-13)4-10-11-9/h4,6,8,12-13H,2-3,5H2,1H3,(H,10,11). The number of sulfonamides is 1. The summed E-state index contributed by atoms with van der Waals surface area (Å²) in [7, 11) is -3.57. The van der Waals surface area contributed by atoms with Crippen LogP contribution in [0.15, 0.2) is 11.2 Å². The maximum atomic E-state index is 11.9. The van der Waals surface area contributed by atoms with Crippen molar-refractivity contribution in [1.29, 1.82) is 0 Å². The van der Waals surface area contributed by atoms with Gasteiger partial charge in [0.05, 0.1) is 12.8 Å². The molecule has 0 bridgehead atoms. The van der Waals surface area contributed by atoms with Crippen molar-refractivity contribution in [2.24, 2.45) is 5.92 Å². The minimum absolute atomic E-state index is 0.0308. The van der Waals surface area contributed by atoms with Gasteiger partial charge in [-0.2, -0.15) is 5.10 Å². The van der Waals surface area contributed by atoms with Gasteiger partial charge in [-0.1, -0.05) is 13.3 Å². The lowest BCUT2D eigenvalue weighted by atomic mass is 10.3. The molecule has 2 atom stereocenters. The van der Waals surface area contributed by atoms with Gasteiger partial charge in [-0.25, -0.2) is 13.1 Å². The summed E-state index contributed by atoms with van der Waals surface area (Å²) < 4.78 is 26.4. The van der Waals surface area contributed by atoms with Crippen molar-refractivity contribution in [3.63, 3.8) is 0 Å². The van der Waals surface area contributed by atoms with Crippen molar-refractivity contribution in [2.75, 3.05) is 0 Å². The molecule has 0 saturated heterocycles. The molecule has 0 aromatic carbocycles. The normalized spacial score (nSPS) is 24.6. The fraction of sp³-hybridized carbons (Fsp3) is 0.667. The Morgan fingerprint density at radius 1 is 1.69 bits per heavy atom. The van der Waals surface area contributed by atoms with Gasteiger partial charge in [-0.05, 0) is 12.3 Å². The van der Waals surface area contributed by atoms with Crippen molar-refractivity contribution in [2.45, 2.75) is 37.4 Å². The van der Waals surface area contributed by atoms with Crippen molar-refractivity contribution in [3.8, 4) is 0 Å². The van der Waals surface area contributed by atoms with E-state index in [1.165, 1.54) is 6.20 Å². The average molecular weight is 245 g/mol. The van der Waals surface area contributed by atoms with Crippen LogP contribution in [0.1, 0.15) is 25.3 Å². The molecule has 6 nitrogen and oxygen atoms in total. The molecule has 1 saturated carbocycles. The minimum atomic E-state index is -3.57. The van der Waals surface area contributed by atoms with Crippen molar-refractivity contribution in [3.05, 3.63) is 11.8 Å². The highest BCUT2D eigenvalue weighted by Crippen LogP contribution is 2.34. The van der Waals surface area contributed by atoms with Crippen LogP contribution in [0.4, 0.5) is 0 Å². The maximum Gasteiger partial charge on any atom is 0.258 e. The van der Waals surface area contributed by atoms with Crippen LogP contribution in [0.25, 0.3) is 0 Å². The lowest BCUT2D eigenvalue weighted by Gasteiger charge is -2.05. The highest BCUT2D eigenvalue weighted by atomic mass is 32.2. The number of hydrogen-bond acceptors (Lipinski definition) is 4. The molecular weight excluding hydrogens is 230 g/mol. The van der Waals surface area contributed by atoms with E-state index in [1.54, 1.807) is 0 Å². The summed E-state index contributed by atoms with van der Waals surface area (Å²) in [5.41, 5.74) is 0.293. The molecule has 16 heavy (non-hydrogen) atoms. The molecule has 90 valence electrons. The van der Waals surface area contributed by atoms with Crippen LogP contribution in [0, 0.1) is 5.92 Å². The van der Waals surface area contributed by atoms with E-state index in [4.69, 9.17) is 5.11 Å². The molecular formula is C9H15N3O3S. The first kappa shape index (κ1) is 11.6. The molecule has 2 rings (SSSR count). The molecule has 0 radical (unpaired) electrons. The number of aliphatic hydroxyl groups excluding tert-OH is 1. The SMILES string of the molecule is CCC1CC1NS(=O)(=O)c1[nH]ncc1CO. The van der Waals surface area contributed by atoms with E-state index in [-0.39, 0.29) is 17.7 Å². The van der Waals surface area contributed by atoms with Gasteiger partial charge in [0.15, 0.2) is 5.03 Å². The molecule has 1 fully saturated rings. The highest BCUT2D eigenvalue weighted by molar-refractivity contribution is 7.89. The van der Waals surface area contributed by atoms with Crippen LogP contribution in [0.5, 0.6) is 0 Å². The largest absolute Gasteiger partial charge is 0.392 e. The van der Waals surface area contributed by atoms with E-state index in [0.29, 0.717) is 11.5 Å². The van der Waals surface area contributed by atoms with E-state index in [2.05, 4.69) is 14.9 Å². The number of rotatable bonds is 5. The Morgan fingerprint density at radius 3 is 3.00 bits per heavy atom. The summed E-state index contributed by atoms with van der Waals surface area (Å²) in [4.78, 5) is 0. The predicted octanol–water partition coefficient (Wildman–Crippen LogP) is -0.0212. The zero-order chi connectivity index (χ0) is 11.8. The van der Waals surface area contributed by atoms with Crippen LogP contribution in [-0.4, -0.2) is 29.8 Å². The summed E-state index contributed by atoms with van der Waals surface area (Å²) in [6.45, 7) is 1.70. The topological polar surface area (TPSA) is 95.1 Å². The molecule has 1 heterocycles. The third kappa shape index (κ3) is 2.11. The summed E-state index contributed by atoms with van der Waals surface area (Å²) in [6.07, 6.45) is 3.18. The predicted molar refractivity (Wildman–Crippen MR) is 57.0 cm³/mol. The monoisotopic (exact) mass is 245 g/mol. The first-order valence-electron chi connectivity index (χ1n) is 5.24. The van der Waals surface area contributed by atoms with Crippen molar-refractivity contribution >= 4 is 10.0 Å². The summed E-state index contributed by atoms with van der Waals surface area (Å²) in [5, 5.41) is 15.0. The molecule has 1 aromatic rings. The molecule has 1 aliphatic carbocycles. The fourth-order valence-corrected chi connectivity index (χ4v) is 3.19. The third-order valence-corrected chi connectivity index (χ3v) is 4.37. The fourth-order valence-electron chi connectivity index (χ4n) is 1.75. The zero-order valence-corrected chi connectivity index (χ0v) is 9.79. The molecule has 3 N–H and O–H groups in total. The van der Waals surface area contributed by atoms with E-state index in [0.717, 1.165) is 12.8 Å². The lowest BCUT2D eigenvalue weighted by molar-refractivity contribution is 0.278. The quantitative estimate of drug-likeness (QED) is 0.679. The Morgan fingerprint density at radius 2 is 2.44 bits per heavy atom. The molecule has 0 aliphatic heterocycles. The lowest BCUT2D eigenvalue weighted by Crippen LogP contribution is -2.28. The van der Waals surface area contributed by atoms with Gasteiger partial charge in [0.25, 0.3) is 10.0 Å². The number of aromatic amines is 1. The van der Waals surface area contributed by atoms with E-state index < -0.39 is 10.0 Å². The zero-order valence-electron chi connectivity index (χ0n) is 8.97. The Kier molecular flexibility index (Phi) is 3.00. The third-order valence-electron chi connectivity index (χ3n) is 2.87. The van der Waals surface area contributed by atoms with E-state index in [9.17, 15) is 8.42 Å². The summed E-state index contributed by atoms with van der Waals surface area (Å²) in [5.74, 6) is 0.440. The molecule has 7 heteroatoms. The number of aromatic nitrogens is 2. The van der Waals surface area contributed by atoms with Crippen LogP contribution < -0.4 is 4.72 Å². The van der Waals surface area contributed by atoms with Gasteiger partial charge in [0.1, 0.15) is 0 Å². The van der Waals surface area contributed by atoms with Gasteiger partial charge in [0, 0.05) is 11.6 Å². The van der Waals surface area contributed by atoms with Crippen LogP contribution in [-0.2, 0) is 16.6 Å². The first-order chi connectivity index (χ1) is 7.58. The molecule has 0 spiro atoms. The number of H-pyrrole nitrogens is 1. The van der Waals surface area contributed by atoms with E-state index >= 15 is 0 Å². The Labute approximate surface area is 94.1 Å². The van der Waals surface area contributed by atoms with Gasteiger partial charge < -0.3 is 5.11 Å². The molecule has 2 unspecified atom stereocenters. The number of hydrogen-bond donors (Lipinski definition) is 3. The second kappa shape index (κ2) is 4.15. The Hall–Kier alpha value is -0.920. The molecule has 1 aromatic heterocycles. The van der Waals surface area contributed by atoms with Crippen LogP contribution >= 0.6 is 0 Å². The second-order valence-electron chi connectivity index (χ2n) is 4.01. The smallest absolute Gasteiger partial charge is 0.258 e. The van der Waals surface area contributed by atoms with Crippen molar-refractivity contribution in [1.82, 2.24) is 14.9 Å². The van der Waals surface area contributed by atoms with E-state index in [1.807, 2.05) is 6.92 Å². The highest BCUT2D eigenvalue weighted by Gasteiger charge is 2.39.